The molecule has 0 aliphatic heterocycles. The third kappa shape index (κ3) is 4.13. The first-order valence-corrected chi connectivity index (χ1v) is 6.15. The first-order chi connectivity index (χ1) is 8.56. The molecule has 1 aromatic carbocycles. The van der Waals surface area contributed by atoms with Crippen molar-refractivity contribution < 1.29 is 9.53 Å². The largest absolute Gasteiger partial charge is 0.380 e. The zero-order valence-electron chi connectivity index (χ0n) is 11.3. The summed E-state index contributed by atoms with van der Waals surface area (Å²) >= 11 is 0. The van der Waals surface area contributed by atoms with Gasteiger partial charge >= 0.3 is 0 Å². The molecular weight excluding hydrogens is 228 g/mol. The molecule has 0 fully saturated rings. The van der Waals surface area contributed by atoms with Gasteiger partial charge in [0.1, 0.15) is 6.04 Å². The number of nitrogens with one attached hydrogen (secondary N) is 1. The number of primary amides is 1. The van der Waals surface area contributed by atoms with Crippen molar-refractivity contribution >= 4 is 5.91 Å². The van der Waals surface area contributed by atoms with Crippen molar-refractivity contribution in [3.8, 4) is 0 Å². The summed E-state index contributed by atoms with van der Waals surface area (Å²) in [6.45, 7) is 5.40. The molecule has 18 heavy (non-hydrogen) atoms. The molecule has 0 saturated carbocycles. The van der Waals surface area contributed by atoms with Crippen LogP contribution in [0, 0.1) is 5.92 Å². The number of hydrogen-bond acceptors (Lipinski definition) is 3. The van der Waals surface area contributed by atoms with Gasteiger partial charge in [-0.05, 0) is 23.6 Å². The predicted octanol–water partition coefficient (Wildman–Crippen LogP) is 1.60. The number of nitrogens with two attached hydrogens (primary N) is 1. The minimum atomic E-state index is -0.459. The molecular formula is C14H22N2O2. The van der Waals surface area contributed by atoms with Crippen molar-refractivity contribution in [2.75, 3.05) is 13.7 Å². The molecule has 3 N–H and O–H groups in total. The van der Waals surface area contributed by atoms with Gasteiger partial charge in [0.2, 0.25) is 5.91 Å². The SMILES string of the molecule is COCc1ccccc1C(NCC(C)C)C(N)=O. The summed E-state index contributed by atoms with van der Waals surface area (Å²) < 4.78 is 5.14. The lowest BCUT2D eigenvalue weighted by molar-refractivity contribution is -0.120. The Kier molecular flexibility index (Phi) is 5.82. The number of ether oxygens (including phenoxy) is 1. The first kappa shape index (κ1) is 14.7. The molecule has 0 radical (unpaired) electrons. The van der Waals surface area contributed by atoms with Gasteiger partial charge in [0.05, 0.1) is 6.61 Å². The average molecular weight is 250 g/mol. The van der Waals surface area contributed by atoms with Gasteiger partial charge in [0, 0.05) is 7.11 Å². The molecule has 0 saturated heterocycles. The molecule has 0 spiro atoms. The highest BCUT2D eigenvalue weighted by Gasteiger charge is 2.20. The van der Waals surface area contributed by atoms with Crippen LogP contribution in [0.1, 0.15) is 31.0 Å². The Bertz CT molecular complexity index is 391. The van der Waals surface area contributed by atoms with Gasteiger partial charge in [-0.1, -0.05) is 38.1 Å². The highest BCUT2D eigenvalue weighted by Crippen LogP contribution is 2.19. The maximum Gasteiger partial charge on any atom is 0.239 e. The summed E-state index contributed by atoms with van der Waals surface area (Å²) in [6, 6.07) is 7.24. The van der Waals surface area contributed by atoms with Crippen molar-refractivity contribution in [3.63, 3.8) is 0 Å². The topological polar surface area (TPSA) is 64.3 Å². The van der Waals surface area contributed by atoms with Crippen molar-refractivity contribution in [2.24, 2.45) is 11.7 Å². The summed E-state index contributed by atoms with van der Waals surface area (Å²) in [6.07, 6.45) is 0. The number of rotatable bonds is 7. The van der Waals surface area contributed by atoms with E-state index in [0.29, 0.717) is 12.5 Å². The summed E-state index contributed by atoms with van der Waals surface area (Å²) in [5, 5.41) is 3.20. The molecule has 1 atom stereocenters. The molecule has 1 aromatic rings. The van der Waals surface area contributed by atoms with Crippen LogP contribution in [0.5, 0.6) is 0 Å². The van der Waals surface area contributed by atoms with Gasteiger partial charge in [-0.2, -0.15) is 0 Å². The van der Waals surface area contributed by atoms with Crippen LogP contribution in [-0.4, -0.2) is 19.6 Å². The fraction of sp³-hybridized carbons (Fsp3) is 0.500. The molecule has 4 nitrogen and oxygen atoms in total. The van der Waals surface area contributed by atoms with Crippen LogP contribution in [0.15, 0.2) is 24.3 Å². The highest BCUT2D eigenvalue weighted by molar-refractivity contribution is 5.81. The average Bonchev–Trinajstić information content (AvgIpc) is 2.31. The van der Waals surface area contributed by atoms with Gasteiger partial charge in [-0.15, -0.1) is 0 Å². The van der Waals surface area contributed by atoms with E-state index in [4.69, 9.17) is 10.5 Å². The van der Waals surface area contributed by atoms with Crippen LogP contribution in [0.3, 0.4) is 0 Å². The van der Waals surface area contributed by atoms with E-state index in [-0.39, 0.29) is 5.91 Å². The Balaban J connectivity index is 2.94. The van der Waals surface area contributed by atoms with Crippen LogP contribution in [0.4, 0.5) is 0 Å². The lowest BCUT2D eigenvalue weighted by atomic mass is 9.99. The van der Waals surface area contributed by atoms with Crippen molar-refractivity contribution in [2.45, 2.75) is 26.5 Å². The molecule has 0 aromatic heterocycles. The van der Waals surface area contributed by atoms with E-state index < -0.39 is 6.04 Å². The van der Waals surface area contributed by atoms with E-state index in [9.17, 15) is 4.79 Å². The molecule has 1 amide bonds. The van der Waals surface area contributed by atoms with E-state index in [0.717, 1.165) is 17.7 Å². The normalized spacial score (nSPS) is 12.7. The smallest absolute Gasteiger partial charge is 0.239 e. The summed E-state index contributed by atoms with van der Waals surface area (Å²) in [7, 11) is 1.64. The number of hydrogen-bond donors (Lipinski definition) is 2. The Morgan fingerprint density at radius 1 is 1.39 bits per heavy atom. The molecule has 1 unspecified atom stereocenters. The Labute approximate surface area is 109 Å². The van der Waals surface area contributed by atoms with Gasteiger partial charge < -0.3 is 15.8 Å². The molecule has 100 valence electrons. The van der Waals surface area contributed by atoms with Crippen molar-refractivity contribution in [1.29, 1.82) is 0 Å². The number of carbonyl (C=O) groups is 1. The van der Waals surface area contributed by atoms with Crippen LogP contribution >= 0.6 is 0 Å². The molecule has 0 aliphatic carbocycles. The number of methoxy groups -OCH3 is 1. The fourth-order valence-electron chi connectivity index (χ4n) is 1.82. The number of amides is 1. The van der Waals surface area contributed by atoms with Gasteiger partial charge in [0.15, 0.2) is 0 Å². The van der Waals surface area contributed by atoms with Gasteiger partial charge in [0.25, 0.3) is 0 Å². The first-order valence-electron chi connectivity index (χ1n) is 6.15. The fourth-order valence-corrected chi connectivity index (χ4v) is 1.82. The van der Waals surface area contributed by atoms with Gasteiger partial charge in [-0.25, -0.2) is 0 Å². The van der Waals surface area contributed by atoms with E-state index in [1.165, 1.54) is 0 Å². The van der Waals surface area contributed by atoms with Crippen LogP contribution in [-0.2, 0) is 16.1 Å². The van der Waals surface area contributed by atoms with Crippen molar-refractivity contribution in [1.82, 2.24) is 5.32 Å². The summed E-state index contributed by atoms with van der Waals surface area (Å²) in [5.41, 5.74) is 7.36. The second-order valence-electron chi connectivity index (χ2n) is 4.77. The second kappa shape index (κ2) is 7.13. The van der Waals surface area contributed by atoms with E-state index >= 15 is 0 Å². The molecule has 0 bridgehead atoms. The van der Waals surface area contributed by atoms with Crippen LogP contribution in [0.25, 0.3) is 0 Å². The Morgan fingerprint density at radius 3 is 2.61 bits per heavy atom. The zero-order chi connectivity index (χ0) is 13.5. The van der Waals surface area contributed by atoms with Crippen molar-refractivity contribution in [3.05, 3.63) is 35.4 Å². The monoisotopic (exact) mass is 250 g/mol. The molecule has 4 heteroatoms. The number of carbonyl (C=O) groups excluding carboxylic acids is 1. The molecule has 1 rings (SSSR count). The summed E-state index contributed by atoms with van der Waals surface area (Å²) in [4.78, 5) is 11.6. The van der Waals surface area contributed by atoms with E-state index in [1.807, 2.05) is 24.3 Å². The lowest BCUT2D eigenvalue weighted by Crippen LogP contribution is -2.36. The quantitative estimate of drug-likeness (QED) is 0.772. The maximum absolute atomic E-state index is 11.6. The second-order valence-corrected chi connectivity index (χ2v) is 4.77. The zero-order valence-corrected chi connectivity index (χ0v) is 11.3. The van der Waals surface area contributed by atoms with Crippen LogP contribution in [0.2, 0.25) is 0 Å². The lowest BCUT2D eigenvalue weighted by Gasteiger charge is -2.20. The highest BCUT2D eigenvalue weighted by atomic mass is 16.5. The van der Waals surface area contributed by atoms with E-state index in [1.54, 1.807) is 7.11 Å². The minimum absolute atomic E-state index is 0.362. The number of benzene rings is 1. The predicted molar refractivity (Wildman–Crippen MR) is 71.9 cm³/mol. The van der Waals surface area contributed by atoms with Gasteiger partial charge in [-0.3, -0.25) is 4.79 Å². The Morgan fingerprint density at radius 2 is 2.06 bits per heavy atom. The molecule has 0 heterocycles. The standard InChI is InChI=1S/C14H22N2O2/c1-10(2)8-16-13(14(15)17)12-7-5-4-6-11(12)9-18-3/h4-7,10,13,16H,8-9H2,1-3H3,(H2,15,17). The summed E-state index contributed by atoms with van der Waals surface area (Å²) in [5.74, 6) is 0.0978. The van der Waals surface area contributed by atoms with Crippen LogP contribution < -0.4 is 11.1 Å². The minimum Gasteiger partial charge on any atom is -0.380 e. The Hall–Kier alpha value is -1.39. The maximum atomic E-state index is 11.6. The van der Waals surface area contributed by atoms with E-state index in [2.05, 4.69) is 19.2 Å². The third-order valence-electron chi connectivity index (χ3n) is 2.68. The molecule has 0 aliphatic rings. The third-order valence-corrected chi connectivity index (χ3v) is 2.68.